The van der Waals surface area contributed by atoms with Gasteiger partial charge in [0, 0.05) is 0 Å². The number of rotatable bonds is 2. The number of anilines is 1. The number of phenols is 1. The number of hydrogen-bond donors (Lipinski definition) is 1. The Hall–Kier alpha value is -2.53. The fourth-order valence-electron chi connectivity index (χ4n) is 1.99. The van der Waals surface area contributed by atoms with Gasteiger partial charge in [-0.05, 0) is 47.7 Å². The molecule has 0 unspecified atom stereocenters. The van der Waals surface area contributed by atoms with E-state index in [1.54, 1.807) is 6.08 Å². The van der Waals surface area contributed by atoms with E-state index in [1.807, 2.05) is 30.3 Å². The number of carbonyl (C=O) groups excluding carboxylic acids is 2. The van der Waals surface area contributed by atoms with Crippen LogP contribution in [0.3, 0.4) is 0 Å². The van der Waals surface area contributed by atoms with E-state index >= 15 is 0 Å². The van der Waals surface area contributed by atoms with Crippen molar-refractivity contribution in [3.05, 3.63) is 65.1 Å². The van der Waals surface area contributed by atoms with Gasteiger partial charge in [-0.25, -0.2) is 4.90 Å². The second kappa shape index (κ2) is 5.46. The summed E-state index contributed by atoms with van der Waals surface area (Å²) in [6, 6.07) is 15.3. The summed E-state index contributed by atoms with van der Waals surface area (Å²) in [6.45, 7) is 0. The molecule has 3 rings (SSSR count). The minimum atomic E-state index is -0.348. The maximum Gasteiger partial charge on any atom is 0.298 e. The van der Waals surface area contributed by atoms with E-state index in [9.17, 15) is 14.7 Å². The standard InChI is InChI=1S/C16H11NO3S/c18-13-8-6-12(7-9-13)17-15(19)14(21-16(17)20)10-11-4-2-1-3-5-11/h1-10,18H/b14-10+. The van der Waals surface area contributed by atoms with Crippen LogP contribution in [0.25, 0.3) is 6.08 Å². The van der Waals surface area contributed by atoms with Gasteiger partial charge in [0.15, 0.2) is 0 Å². The molecule has 0 aromatic heterocycles. The summed E-state index contributed by atoms with van der Waals surface area (Å²) < 4.78 is 0. The van der Waals surface area contributed by atoms with E-state index in [1.165, 1.54) is 24.3 Å². The van der Waals surface area contributed by atoms with Crippen LogP contribution < -0.4 is 4.90 Å². The van der Waals surface area contributed by atoms with Gasteiger partial charge in [0.05, 0.1) is 10.6 Å². The van der Waals surface area contributed by atoms with Crippen molar-refractivity contribution in [2.45, 2.75) is 0 Å². The number of carbonyl (C=O) groups is 2. The molecule has 2 aromatic carbocycles. The highest BCUT2D eigenvalue weighted by Gasteiger charge is 2.36. The second-order valence-electron chi connectivity index (χ2n) is 4.44. The Morgan fingerprint density at radius 1 is 0.952 bits per heavy atom. The van der Waals surface area contributed by atoms with Crippen molar-refractivity contribution in [2.75, 3.05) is 4.90 Å². The largest absolute Gasteiger partial charge is 0.508 e. The first-order valence-electron chi connectivity index (χ1n) is 6.27. The number of thioether (sulfide) groups is 1. The minimum Gasteiger partial charge on any atom is -0.508 e. The van der Waals surface area contributed by atoms with Gasteiger partial charge in [-0.2, -0.15) is 0 Å². The number of imide groups is 1. The third-order valence-electron chi connectivity index (χ3n) is 3.00. The molecule has 4 nitrogen and oxygen atoms in total. The molecule has 1 heterocycles. The van der Waals surface area contributed by atoms with Crippen LogP contribution >= 0.6 is 11.8 Å². The van der Waals surface area contributed by atoms with Crippen molar-refractivity contribution in [2.24, 2.45) is 0 Å². The molecule has 0 saturated carbocycles. The first-order chi connectivity index (χ1) is 10.1. The normalized spacial score (nSPS) is 16.8. The molecule has 0 radical (unpaired) electrons. The molecule has 0 atom stereocenters. The number of benzene rings is 2. The zero-order valence-corrected chi connectivity index (χ0v) is 11.7. The summed E-state index contributed by atoms with van der Waals surface area (Å²) in [7, 11) is 0. The molecular weight excluding hydrogens is 286 g/mol. The number of amides is 2. The second-order valence-corrected chi connectivity index (χ2v) is 5.44. The van der Waals surface area contributed by atoms with Crippen molar-refractivity contribution in [3.8, 4) is 5.75 Å². The summed E-state index contributed by atoms with van der Waals surface area (Å²) >= 11 is 0.912. The zero-order valence-electron chi connectivity index (χ0n) is 10.9. The molecule has 1 fully saturated rings. The first-order valence-corrected chi connectivity index (χ1v) is 7.09. The fourth-order valence-corrected chi connectivity index (χ4v) is 2.83. The SMILES string of the molecule is O=C1S/C(=C/c2ccccc2)C(=O)N1c1ccc(O)cc1. The zero-order chi connectivity index (χ0) is 14.8. The van der Waals surface area contributed by atoms with Crippen molar-refractivity contribution in [3.63, 3.8) is 0 Å². The van der Waals surface area contributed by atoms with Crippen molar-refractivity contribution in [1.29, 1.82) is 0 Å². The van der Waals surface area contributed by atoms with E-state index in [4.69, 9.17) is 0 Å². The van der Waals surface area contributed by atoms with Crippen LogP contribution in [0.5, 0.6) is 5.75 Å². The average Bonchev–Trinajstić information content (AvgIpc) is 2.76. The monoisotopic (exact) mass is 297 g/mol. The summed E-state index contributed by atoms with van der Waals surface area (Å²) in [6.07, 6.45) is 1.70. The van der Waals surface area contributed by atoms with Gasteiger partial charge in [0.1, 0.15) is 5.75 Å². The van der Waals surface area contributed by atoms with Crippen LogP contribution in [0.1, 0.15) is 5.56 Å². The van der Waals surface area contributed by atoms with Crippen LogP contribution in [-0.2, 0) is 4.79 Å². The van der Waals surface area contributed by atoms with Crippen molar-refractivity contribution >= 4 is 34.7 Å². The summed E-state index contributed by atoms with van der Waals surface area (Å²) in [5, 5.41) is 8.93. The smallest absolute Gasteiger partial charge is 0.298 e. The molecule has 1 aliphatic heterocycles. The lowest BCUT2D eigenvalue weighted by molar-refractivity contribution is -0.113. The van der Waals surface area contributed by atoms with Crippen LogP contribution in [0.15, 0.2) is 59.5 Å². The molecule has 1 saturated heterocycles. The number of phenolic OH excluding ortho intramolecular Hbond substituents is 1. The van der Waals surface area contributed by atoms with Crippen molar-refractivity contribution in [1.82, 2.24) is 0 Å². The Morgan fingerprint density at radius 2 is 1.62 bits per heavy atom. The molecule has 2 amide bonds. The molecule has 0 spiro atoms. The van der Waals surface area contributed by atoms with Crippen LogP contribution in [0.4, 0.5) is 10.5 Å². The molecule has 5 heteroatoms. The van der Waals surface area contributed by atoms with E-state index < -0.39 is 0 Å². The molecule has 1 aliphatic rings. The third-order valence-corrected chi connectivity index (χ3v) is 3.87. The fraction of sp³-hybridized carbons (Fsp3) is 0. The lowest BCUT2D eigenvalue weighted by atomic mass is 10.2. The van der Waals surface area contributed by atoms with Gasteiger partial charge >= 0.3 is 0 Å². The maximum absolute atomic E-state index is 12.4. The first kappa shape index (κ1) is 13.5. The van der Waals surface area contributed by atoms with Gasteiger partial charge < -0.3 is 5.11 Å². The Labute approximate surface area is 125 Å². The van der Waals surface area contributed by atoms with Crippen LogP contribution in [-0.4, -0.2) is 16.3 Å². The topological polar surface area (TPSA) is 57.6 Å². The number of hydrogen-bond acceptors (Lipinski definition) is 4. The molecular formula is C16H11NO3S. The lowest BCUT2D eigenvalue weighted by Gasteiger charge is -2.12. The van der Waals surface area contributed by atoms with Gasteiger partial charge in [-0.15, -0.1) is 0 Å². The summed E-state index contributed by atoms with van der Waals surface area (Å²) in [5.41, 5.74) is 1.32. The predicted molar refractivity (Wildman–Crippen MR) is 83.0 cm³/mol. The maximum atomic E-state index is 12.4. The molecule has 0 bridgehead atoms. The summed E-state index contributed by atoms with van der Waals surface area (Å²) in [4.78, 5) is 25.9. The predicted octanol–water partition coefficient (Wildman–Crippen LogP) is 3.63. The van der Waals surface area contributed by atoms with E-state index in [2.05, 4.69) is 0 Å². The average molecular weight is 297 g/mol. The Morgan fingerprint density at radius 3 is 2.29 bits per heavy atom. The number of nitrogens with zero attached hydrogens (tertiary/aromatic N) is 1. The van der Waals surface area contributed by atoms with Crippen LogP contribution in [0.2, 0.25) is 0 Å². The molecule has 0 aliphatic carbocycles. The molecule has 2 aromatic rings. The lowest BCUT2D eigenvalue weighted by Crippen LogP contribution is -2.27. The highest BCUT2D eigenvalue weighted by Crippen LogP contribution is 2.36. The third kappa shape index (κ3) is 2.68. The van der Waals surface area contributed by atoms with E-state index in [0.29, 0.717) is 10.6 Å². The van der Waals surface area contributed by atoms with Gasteiger partial charge in [-0.3, -0.25) is 9.59 Å². The van der Waals surface area contributed by atoms with Gasteiger partial charge in [-0.1, -0.05) is 30.3 Å². The summed E-state index contributed by atoms with van der Waals surface area (Å²) in [5.74, 6) is -0.259. The van der Waals surface area contributed by atoms with Crippen molar-refractivity contribution < 1.29 is 14.7 Å². The molecule has 21 heavy (non-hydrogen) atoms. The Bertz CT molecular complexity index is 723. The molecule has 104 valence electrons. The Balaban J connectivity index is 1.92. The molecule has 1 N–H and O–H groups in total. The van der Waals surface area contributed by atoms with Gasteiger partial charge in [0.25, 0.3) is 11.1 Å². The Kier molecular flexibility index (Phi) is 3.50. The minimum absolute atomic E-state index is 0.0885. The van der Waals surface area contributed by atoms with Crippen LogP contribution in [0, 0.1) is 0 Å². The quantitative estimate of drug-likeness (QED) is 0.860. The number of aromatic hydroxyl groups is 1. The van der Waals surface area contributed by atoms with Gasteiger partial charge in [0.2, 0.25) is 0 Å². The van der Waals surface area contributed by atoms with E-state index in [-0.39, 0.29) is 16.9 Å². The highest BCUT2D eigenvalue weighted by atomic mass is 32.2. The highest BCUT2D eigenvalue weighted by molar-refractivity contribution is 8.19. The van der Waals surface area contributed by atoms with E-state index in [0.717, 1.165) is 22.2 Å².